The summed E-state index contributed by atoms with van der Waals surface area (Å²) in [5.74, 6) is 5.18. The predicted molar refractivity (Wildman–Crippen MR) is 173 cm³/mol. The van der Waals surface area contributed by atoms with E-state index in [1.54, 1.807) is 6.08 Å². The molecule has 2 aromatic rings. The van der Waals surface area contributed by atoms with Crippen LogP contribution in [0.2, 0.25) is 0 Å². The molecule has 220 valence electrons. The van der Waals surface area contributed by atoms with Gasteiger partial charge in [0.1, 0.15) is 11.5 Å². The number of benzene rings is 2. The van der Waals surface area contributed by atoms with E-state index in [2.05, 4.69) is 37.3 Å². The number of hydrogen-bond donors (Lipinski definition) is 1. The molecule has 4 bridgehead atoms. The van der Waals surface area contributed by atoms with Crippen LogP contribution in [0.25, 0.3) is 17.2 Å². The average molecular weight is 593 g/mol. The second-order valence-corrected chi connectivity index (χ2v) is 15.1. The number of hydrogen-bond acceptors (Lipinski definition) is 5. The van der Waals surface area contributed by atoms with E-state index in [1.165, 1.54) is 67.9 Å². The lowest BCUT2D eigenvalue weighted by molar-refractivity contribution is -0.131. The number of carbonyl (C=O) groups excluding carboxylic acids is 1. The number of carboxylic acid groups (broad SMARTS) is 1. The van der Waals surface area contributed by atoms with Crippen LogP contribution in [0.1, 0.15) is 88.7 Å². The van der Waals surface area contributed by atoms with Gasteiger partial charge in [-0.05, 0) is 116 Å². The van der Waals surface area contributed by atoms with Crippen LogP contribution in [0, 0.1) is 17.8 Å². The van der Waals surface area contributed by atoms with Crippen LogP contribution < -0.4 is 4.74 Å². The topological polar surface area (TPSA) is 63.6 Å². The van der Waals surface area contributed by atoms with Crippen molar-refractivity contribution in [3.63, 3.8) is 0 Å². The first-order valence-electron chi connectivity index (χ1n) is 15.5. The molecule has 0 saturated heterocycles. The van der Waals surface area contributed by atoms with Crippen LogP contribution in [0.5, 0.6) is 5.75 Å². The molecule has 4 saturated carbocycles. The fraction of sp³-hybridized carbons (Fsp3) is 0.543. The Morgan fingerprint density at radius 3 is 2.20 bits per heavy atom. The van der Waals surface area contributed by atoms with E-state index in [-0.39, 0.29) is 5.41 Å². The fourth-order valence-corrected chi connectivity index (χ4v) is 9.98. The van der Waals surface area contributed by atoms with Gasteiger partial charge in [-0.15, -0.1) is 0 Å². The van der Waals surface area contributed by atoms with Gasteiger partial charge in [-0.25, -0.2) is 4.79 Å². The lowest BCUT2D eigenvalue weighted by Gasteiger charge is -2.57. The standard InChI is InChI=1S/C35H44O4S2/c1-2-16-40-41-17-4-6-31(36)5-3-15-39-33-13-12-30(29-10-7-25(8-11-29)9-14-34(37)38)21-32(33)35-22-26-18-27(23-35)20-28(19-26)24-35/h7-14,21,26-28H,2-6,15-20,22-24H2,1H3,(H,37,38)/b14-9+. The summed E-state index contributed by atoms with van der Waals surface area (Å²) in [4.78, 5) is 23.3. The maximum absolute atomic E-state index is 12.4. The number of Topliss-reactive ketones (excluding diaryl/α,β-unsaturated/α-hetero) is 1. The first-order valence-corrected chi connectivity index (χ1v) is 18.0. The third kappa shape index (κ3) is 8.01. The van der Waals surface area contributed by atoms with Gasteiger partial charge in [0.25, 0.3) is 0 Å². The number of ether oxygens (including phenoxy) is 1. The molecule has 4 nitrogen and oxygen atoms in total. The Hall–Kier alpha value is -2.18. The van der Waals surface area contributed by atoms with E-state index >= 15 is 0 Å². The van der Waals surface area contributed by atoms with Gasteiger partial charge in [-0.3, -0.25) is 4.79 Å². The van der Waals surface area contributed by atoms with E-state index in [0.29, 0.717) is 25.2 Å². The van der Waals surface area contributed by atoms with Crippen LogP contribution in [-0.4, -0.2) is 35.0 Å². The van der Waals surface area contributed by atoms with Crippen LogP contribution in [0.15, 0.2) is 48.5 Å². The van der Waals surface area contributed by atoms with Gasteiger partial charge in [-0.2, -0.15) is 0 Å². The highest BCUT2D eigenvalue weighted by atomic mass is 33.1. The Morgan fingerprint density at radius 1 is 0.902 bits per heavy atom. The zero-order valence-electron chi connectivity index (χ0n) is 24.3. The summed E-state index contributed by atoms with van der Waals surface area (Å²) in [7, 11) is 3.80. The molecule has 0 amide bonds. The minimum atomic E-state index is -0.940. The molecule has 6 heteroatoms. The van der Waals surface area contributed by atoms with Gasteiger partial charge in [0.2, 0.25) is 0 Å². The molecular formula is C35H44O4S2. The van der Waals surface area contributed by atoms with Crippen molar-refractivity contribution < 1.29 is 19.4 Å². The van der Waals surface area contributed by atoms with Gasteiger partial charge in [0.05, 0.1) is 6.61 Å². The van der Waals surface area contributed by atoms with E-state index < -0.39 is 5.97 Å². The number of aliphatic carboxylic acids is 1. The molecule has 0 atom stereocenters. The molecule has 0 aromatic heterocycles. The number of carbonyl (C=O) groups is 2. The lowest BCUT2D eigenvalue weighted by Crippen LogP contribution is -2.48. The highest BCUT2D eigenvalue weighted by molar-refractivity contribution is 8.76. The minimum absolute atomic E-state index is 0.202. The number of ketones is 1. The molecule has 4 aliphatic rings. The van der Waals surface area contributed by atoms with Crippen molar-refractivity contribution in [2.24, 2.45) is 17.8 Å². The predicted octanol–water partition coefficient (Wildman–Crippen LogP) is 9.22. The Labute approximate surface area is 253 Å². The van der Waals surface area contributed by atoms with Gasteiger partial charge in [-0.1, -0.05) is 58.8 Å². The summed E-state index contributed by atoms with van der Waals surface area (Å²) in [5, 5.41) is 8.94. The van der Waals surface area contributed by atoms with E-state index in [4.69, 9.17) is 9.84 Å². The normalized spacial score (nSPS) is 24.7. The average Bonchev–Trinajstić information content (AvgIpc) is 2.95. The molecule has 41 heavy (non-hydrogen) atoms. The fourth-order valence-electron chi connectivity index (χ4n) is 7.75. The van der Waals surface area contributed by atoms with Crippen molar-refractivity contribution in [1.82, 2.24) is 0 Å². The van der Waals surface area contributed by atoms with Crippen LogP contribution in [-0.2, 0) is 15.0 Å². The zero-order valence-corrected chi connectivity index (χ0v) is 25.9. The Kier molecular flexibility index (Phi) is 10.6. The molecule has 0 unspecified atom stereocenters. The summed E-state index contributed by atoms with van der Waals surface area (Å²) < 4.78 is 6.49. The van der Waals surface area contributed by atoms with Crippen molar-refractivity contribution in [2.45, 2.75) is 83.0 Å². The van der Waals surface area contributed by atoms with Crippen molar-refractivity contribution >= 4 is 39.4 Å². The van der Waals surface area contributed by atoms with E-state index in [1.807, 2.05) is 33.7 Å². The maximum atomic E-state index is 12.4. The Balaban J connectivity index is 1.26. The third-order valence-corrected chi connectivity index (χ3v) is 11.9. The minimum Gasteiger partial charge on any atom is -0.493 e. The molecule has 0 spiro atoms. The molecule has 0 radical (unpaired) electrons. The molecule has 4 fully saturated rings. The summed E-state index contributed by atoms with van der Waals surface area (Å²) >= 11 is 0. The highest BCUT2D eigenvalue weighted by Crippen LogP contribution is 2.62. The number of carboxylic acids is 1. The van der Waals surface area contributed by atoms with Gasteiger partial charge < -0.3 is 9.84 Å². The zero-order chi connectivity index (χ0) is 28.7. The molecular weight excluding hydrogens is 549 g/mol. The van der Waals surface area contributed by atoms with Crippen molar-refractivity contribution in [1.29, 1.82) is 0 Å². The summed E-state index contributed by atoms with van der Waals surface area (Å²) in [6.45, 7) is 2.78. The van der Waals surface area contributed by atoms with Gasteiger partial charge >= 0.3 is 5.97 Å². The molecule has 4 aliphatic carbocycles. The Morgan fingerprint density at radius 2 is 1.54 bits per heavy atom. The van der Waals surface area contributed by atoms with Gasteiger partial charge in [0, 0.05) is 36.0 Å². The van der Waals surface area contributed by atoms with Crippen LogP contribution in [0.3, 0.4) is 0 Å². The second kappa shape index (κ2) is 14.3. The molecule has 6 rings (SSSR count). The second-order valence-electron chi connectivity index (χ2n) is 12.4. The molecule has 1 N–H and O–H groups in total. The SMILES string of the molecule is CCCSSCCCC(=O)CCCOc1ccc(-c2ccc(/C=C/C(=O)O)cc2)cc1C12CC3CC(CC(C3)C1)C2. The summed E-state index contributed by atoms with van der Waals surface area (Å²) in [6.07, 6.45) is 15.0. The first-order chi connectivity index (χ1) is 19.9. The Bertz CT molecular complexity index is 1180. The molecule has 2 aromatic carbocycles. The monoisotopic (exact) mass is 592 g/mol. The number of rotatable bonds is 16. The van der Waals surface area contributed by atoms with Crippen molar-refractivity contribution in [2.75, 3.05) is 18.1 Å². The highest BCUT2D eigenvalue weighted by Gasteiger charge is 2.52. The third-order valence-electron chi connectivity index (χ3n) is 9.16. The first kappa shape index (κ1) is 30.3. The largest absolute Gasteiger partial charge is 0.493 e. The summed E-state index contributed by atoms with van der Waals surface area (Å²) in [5.41, 5.74) is 4.76. The summed E-state index contributed by atoms with van der Waals surface area (Å²) in [6, 6.07) is 14.8. The van der Waals surface area contributed by atoms with Crippen molar-refractivity contribution in [3.8, 4) is 16.9 Å². The van der Waals surface area contributed by atoms with Crippen LogP contribution >= 0.6 is 21.6 Å². The molecule has 0 aliphatic heterocycles. The molecule has 0 heterocycles. The van der Waals surface area contributed by atoms with Crippen LogP contribution in [0.4, 0.5) is 0 Å². The van der Waals surface area contributed by atoms with Crippen molar-refractivity contribution in [3.05, 3.63) is 59.7 Å². The van der Waals surface area contributed by atoms with Gasteiger partial charge in [0.15, 0.2) is 0 Å². The maximum Gasteiger partial charge on any atom is 0.328 e. The lowest BCUT2D eigenvalue weighted by atomic mass is 9.48. The smallest absolute Gasteiger partial charge is 0.328 e. The van der Waals surface area contributed by atoms with E-state index in [9.17, 15) is 9.59 Å². The van der Waals surface area contributed by atoms with E-state index in [0.717, 1.165) is 53.2 Å². The quantitative estimate of drug-likeness (QED) is 0.119.